The average molecular weight is 298 g/mol. The Bertz CT molecular complexity index is 790. The Balaban J connectivity index is 1.79. The van der Waals surface area contributed by atoms with Crippen molar-refractivity contribution in [3.05, 3.63) is 45.1 Å². The predicted molar refractivity (Wildman–Crippen MR) is 82.3 cm³/mol. The zero-order valence-corrected chi connectivity index (χ0v) is 12.3. The maximum Gasteiger partial charge on any atom is 0.258 e. The van der Waals surface area contributed by atoms with Gasteiger partial charge in [0.15, 0.2) is 0 Å². The maximum absolute atomic E-state index is 13.0. The molecule has 0 saturated carbocycles. The van der Waals surface area contributed by atoms with Crippen LogP contribution in [0, 0.1) is 0 Å². The van der Waals surface area contributed by atoms with E-state index in [1.54, 1.807) is 11.1 Å². The van der Waals surface area contributed by atoms with Crippen molar-refractivity contribution in [2.75, 3.05) is 11.4 Å². The zero-order chi connectivity index (χ0) is 15.1. The summed E-state index contributed by atoms with van der Waals surface area (Å²) in [4.78, 5) is 29.6. The van der Waals surface area contributed by atoms with Gasteiger partial charge in [-0.25, -0.2) is 0 Å². The monoisotopic (exact) mass is 298 g/mol. The van der Waals surface area contributed by atoms with Gasteiger partial charge in [-0.2, -0.15) is 5.10 Å². The largest absolute Gasteiger partial charge is 0.326 e. The van der Waals surface area contributed by atoms with Crippen LogP contribution in [0.15, 0.2) is 17.1 Å². The first-order valence-corrected chi connectivity index (χ1v) is 7.83. The molecule has 2 aromatic rings. The SMILES string of the molecule is O=C(c1cc(=O)[nH]c2c1CCCC2)N1CCCc2[nH]ncc21. The normalized spacial score (nSPS) is 17.0. The highest BCUT2D eigenvalue weighted by Crippen LogP contribution is 2.28. The highest BCUT2D eigenvalue weighted by molar-refractivity contribution is 6.07. The molecule has 1 aliphatic carbocycles. The van der Waals surface area contributed by atoms with Crippen molar-refractivity contribution in [3.8, 4) is 0 Å². The van der Waals surface area contributed by atoms with Gasteiger partial charge in [-0.3, -0.25) is 14.7 Å². The molecule has 3 heterocycles. The molecule has 6 heteroatoms. The van der Waals surface area contributed by atoms with Crippen LogP contribution in [0.3, 0.4) is 0 Å². The molecular formula is C16H18N4O2. The number of hydrogen-bond acceptors (Lipinski definition) is 3. The van der Waals surface area contributed by atoms with Gasteiger partial charge in [0.1, 0.15) is 0 Å². The molecule has 0 bridgehead atoms. The van der Waals surface area contributed by atoms with Crippen molar-refractivity contribution in [2.24, 2.45) is 0 Å². The van der Waals surface area contributed by atoms with Crippen molar-refractivity contribution < 1.29 is 4.79 Å². The molecule has 0 aromatic carbocycles. The van der Waals surface area contributed by atoms with E-state index < -0.39 is 0 Å². The highest BCUT2D eigenvalue weighted by Gasteiger charge is 2.28. The number of hydrogen-bond donors (Lipinski definition) is 2. The van der Waals surface area contributed by atoms with Crippen molar-refractivity contribution in [3.63, 3.8) is 0 Å². The van der Waals surface area contributed by atoms with Crippen molar-refractivity contribution >= 4 is 11.6 Å². The molecule has 114 valence electrons. The number of aryl methyl sites for hydroxylation is 2. The minimum Gasteiger partial charge on any atom is -0.326 e. The zero-order valence-electron chi connectivity index (χ0n) is 12.3. The summed E-state index contributed by atoms with van der Waals surface area (Å²) in [5.74, 6) is -0.0772. The third-order valence-corrected chi connectivity index (χ3v) is 4.61. The number of anilines is 1. The van der Waals surface area contributed by atoms with E-state index in [9.17, 15) is 9.59 Å². The molecule has 0 atom stereocenters. The molecule has 0 saturated heterocycles. The summed E-state index contributed by atoms with van der Waals surface area (Å²) in [6, 6.07) is 1.46. The summed E-state index contributed by atoms with van der Waals surface area (Å²) in [5.41, 5.74) is 4.18. The van der Waals surface area contributed by atoms with Crippen LogP contribution in [-0.4, -0.2) is 27.6 Å². The van der Waals surface area contributed by atoms with E-state index in [0.717, 1.165) is 61.2 Å². The minimum absolute atomic E-state index is 0.0772. The van der Waals surface area contributed by atoms with Crippen LogP contribution >= 0.6 is 0 Å². The first-order valence-electron chi connectivity index (χ1n) is 7.83. The molecule has 0 fully saturated rings. The minimum atomic E-state index is -0.187. The molecule has 0 spiro atoms. The standard InChI is InChI=1S/C16H18N4O2/c21-15-8-11(10-4-1-2-5-12(10)18-15)16(22)20-7-3-6-13-14(20)9-17-19-13/h8-9H,1-7H2,(H,17,19)(H,18,21). The lowest BCUT2D eigenvalue weighted by Crippen LogP contribution is -2.37. The van der Waals surface area contributed by atoms with Crippen LogP contribution in [0.2, 0.25) is 0 Å². The number of nitrogens with zero attached hydrogens (tertiary/aromatic N) is 2. The highest BCUT2D eigenvalue weighted by atomic mass is 16.2. The Kier molecular flexibility index (Phi) is 3.10. The maximum atomic E-state index is 13.0. The van der Waals surface area contributed by atoms with E-state index in [0.29, 0.717) is 12.1 Å². The number of H-pyrrole nitrogens is 2. The fourth-order valence-corrected chi connectivity index (χ4v) is 3.55. The summed E-state index contributed by atoms with van der Waals surface area (Å²) in [6.45, 7) is 0.674. The van der Waals surface area contributed by atoms with Crippen LogP contribution in [0.4, 0.5) is 5.69 Å². The summed E-state index contributed by atoms with van der Waals surface area (Å²) in [7, 11) is 0. The van der Waals surface area contributed by atoms with E-state index in [1.807, 2.05) is 0 Å². The van der Waals surface area contributed by atoms with Gasteiger partial charge in [0.2, 0.25) is 5.56 Å². The number of fused-ring (bicyclic) bond motifs is 2. The lowest BCUT2D eigenvalue weighted by Gasteiger charge is -2.28. The third kappa shape index (κ3) is 2.06. The van der Waals surface area contributed by atoms with Gasteiger partial charge in [-0.05, 0) is 44.1 Å². The Morgan fingerprint density at radius 3 is 2.86 bits per heavy atom. The number of carbonyl (C=O) groups excluding carboxylic acids is 1. The van der Waals surface area contributed by atoms with Crippen LogP contribution < -0.4 is 10.5 Å². The molecule has 2 aliphatic rings. The summed E-state index contributed by atoms with van der Waals surface area (Å²) >= 11 is 0. The lowest BCUT2D eigenvalue weighted by molar-refractivity contribution is 0.0983. The number of pyridine rings is 1. The van der Waals surface area contributed by atoms with Crippen LogP contribution in [0.5, 0.6) is 0 Å². The van der Waals surface area contributed by atoms with E-state index in [1.165, 1.54) is 6.07 Å². The van der Waals surface area contributed by atoms with Gasteiger partial charge in [0, 0.05) is 18.3 Å². The molecular weight excluding hydrogens is 280 g/mol. The van der Waals surface area contributed by atoms with Crippen molar-refractivity contribution in [1.29, 1.82) is 0 Å². The second-order valence-electron chi connectivity index (χ2n) is 6.01. The number of aromatic nitrogens is 3. The number of rotatable bonds is 1. The smallest absolute Gasteiger partial charge is 0.258 e. The van der Waals surface area contributed by atoms with Gasteiger partial charge in [0.25, 0.3) is 5.91 Å². The van der Waals surface area contributed by atoms with Crippen LogP contribution in [0.25, 0.3) is 0 Å². The molecule has 0 unspecified atom stereocenters. The predicted octanol–water partition coefficient (Wildman–Crippen LogP) is 1.57. The van der Waals surface area contributed by atoms with Crippen molar-refractivity contribution in [1.82, 2.24) is 15.2 Å². The molecule has 0 radical (unpaired) electrons. The average Bonchev–Trinajstić information content (AvgIpc) is 3.02. The van der Waals surface area contributed by atoms with Gasteiger partial charge >= 0.3 is 0 Å². The van der Waals surface area contributed by atoms with E-state index in [2.05, 4.69) is 15.2 Å². The second kappa shape index (κ2) is 5.12. The Hall–Kier alpha value is -2.37. The fourth-order valence-electron chi connectivity index (χ4n) is 3.55. The third-order valence-electron chi connectivity index (χ3n) is 4.61. The molecule has 4 rings (SSSR count). The van der Waals surface area contributed by atoms with Gasteiger partial charge in [-0.1, -0.05) is 0 Å². The summed E-state index contributed by atoms with van der Waals surface area (Å²) < 4.78 is 0. The van der Waals surface area contributed by atoms with Crippen LogP contribution in [-0.2, 0) is 19.3 Å². The van der Waals surface area contributed by atoms with E-state index in [-0.39, 0.29) is 11.5 Å². The number of amides is 1. The quantitative estimate of drug-likeness (QED) is 0.838. The van der Waals surface area contributed by atoms with Gasteiger partial charge < -0.3 is 9.88 Å². The van der Waals surface area contributed by atoms with Gasteiger partial charge in [0.05, 0.1) is 23.1 Å². The fraction of sp³-hybridized carbons (Fsp3) is 0.438. The topological polar surface area (TPSA) is 81.9 Å². The molecule has 22 heavy (non-hydrogen) atoms. The number of aromatic amines is 2. The summed E-state index contributed by atoms with van der Waals surface area (Å²) in [6.07, 6.45) is 7.36. The Morgan fingerprint density at radius 1 is 1.14 bits per heavy atom. The Labute approximate surface area is 127 Å². The molecule has 1 amide bonds. The van der Waals surface area contributed by atoms with Crippen LogP contribution in [0.1, 0.15) is 46.6 Å². The molecule has 2 aromatic heterocycles. The van der Waals surface area contributed by atoms with Gasteiger partial charge in [-0.15, -0.1) is 0 Å². The first kappa shape index (κ1) is 13.3. The summed E-state index contributed by atoms with van der Waals surface area (Å²) in [5, 5.41) is 7.00. The molecule has 2 N–H and O–H groups in total. The number of carbonyl (C=O) groups is 1. The molecule has 6 nitrogen and oxygen atoms in total. The van der Waals surface area contributed by atoms with E-state index in [4.69, 9.17) is 0 Å². The Morgan fingerprint density at radius 2 is 1.95 bits per heavy atom. The van der Waals surface area contributed by atoms with E-state index >= 15 is 0 Å². The number of nitrogens with one attached hydrogen (secondary N) is 2. The first-order chi connectivity index (χ1) is 10.7. The van der Waals surface area contributed by atoms with Crippen molar-refractivity contribution in [2.45, 2.75) is 38.5 Å². The molecule has 1 aliphatic heterocycles. The lowest BCUT2D eigenvalue weighted by atomic mass is 9.91. The second-order valence-corrected chi connectivity index (χ2v) is 6.01.